The summed E-state index contributed by atoms with van der Waals surface area (Å²) >= 11 is 1.49. The lowest BCUT2D eigenvalue weighted by Gasteiger charge is -2.28. The number of unbranched alkanes of at least 4 members (excludes halogenated alkanes) is 1. The Morgan fingerprint density at radius 1 is 0.645 bits per heavy atom. The van der Waals surface area contributed by atoms with E-state index in [1.807, 2.05) is 44.4 Å². The number of carbonyl (C=O) groups excluding carboxylic acids is 6. The van der Waals surface area contributed by atoms with Crippen LogP contribution in [0.4, 0.5) is 0 Å². The molecule has 0 aliphatic heterocycles. The lowest BCUT2D eigenvalue weighted by atomic mass is 9.99. The molecule has 20 nitrogen and oxygen atoms in total. The van der Waals surface area contributed by atoms with Gasteiger partial charge in [0.05, 0.1) is 0 Å². The van der Waals surface area contributed by atoms with E-state index in [4.69, 9.17) is 34.4 Å². The first kappa shape index (κ1) is 52.6. The number of guanidine groups is 2. The zero-order chi connectivity index (χ0) is 46.2. The summed E-state index contributed by atoms with van der Waals surface area (Å²) in [5.41, 5.74) is 34.8. The first-order valence-corrected chi connectivity index (χ1v) is 22.5. The number of aromatic nitrogens is 1. The Hall–Kier alpha value is -5.57. The quantitative estimate of drug-likeness (QED) is 0.0263. The Bertz CT molecular complexity index is 1810. The predicted octanol–water partition coefficient (Wildman–Crippen LogP) is -0.709. The van der Waals surface area contributed by atoms with Crippen LogP contribution in [0, 0.1) is 11.8 Å². The van der Waals surface area contributed by atoms with Gasteiger partial charge in [-0.15, -0.1) is 0 Å². The molecule has 0 saturated heterocycles. The summed E-state index contributed by atoms with van der Waals surface area (Å²) in [5.74, 6) is -3.73. The Morgan fingerprint density at radius 2 is 1.16 bits per heavy atom. The van der Waals surface area contributed by atoms with E-state index < -0.39 is 65.7 Å². The standard InChI is InChI=1S/C41H70N14O6S/c1-24(2)21-32(54-35(57)25(3)11-9-18-48-40(44)45)38(60)53-31(15-10-19-49-41(46)47)36(58)52-30(14-7-8-17-42)37(59)55-33(39(61)51-29(34(43)56)16-20-62-4)22-26-23-50-28-13-6-5-12-27(26)28/h5-6,12-13,23-25,29-33,50H,7-11,14-22,42H2,1-4H3,(H2,43,56)(H,51,61)(H,52,58)(H,53,60)(H,54,57)(H,55,59)(H4,44,45,48)(H4,46,47,49)/t25-,29-,30-,31-,32-,33-/m0/s1. The topological polar surface area (TPSA) is 359 Å². The van der Waals surface area contributed by atoms with E-state index >= 15 is 0 Å². The fraction of sp³-hybridized carbons (Fsp3) is 0.610. The zero-order valence-electron chi connectivity index (χ0n) is 36.5. The largest absolute Gasteiger partial charge is 0.370 e. The SMILES string of the molecule is CSCC[C@H](NC(=O)[C@H](Cc1c[nH]c2ccccc12)NC(=O)[C@H](CCCCN)NC(=O)[C@H](CCCN=C(N)N)NC(=O)[C@H](CC(C)C)NC(=O)[C@@H](C)CCCN=C(N)N)C(N)=O. The molecule has 62 heavy (non-hydrogen) atoms. The molecule has 1 aromatic carbocycles. The highest BCUT2D eigenvalue weighted by atomic mass is 32.2. The van der Waals surface area contributed by atoms with Crippen molar-refractivity contribution in [3.8, 4) is 0 Å². The van der Waals surface area contributed by atoms with Crippen LogP contribution in [0.15, 0.2) is 40.4 Å². The number of benzene rings is 1. The summed E-state index contributed by atoms with van der Waals surface area (Å²) in [5, 5.41) is 14.8. The van der Waals surface area contributed by atoms with E-state index in [0.29, 0.717) is 44.5 Å². The molecule has 2 aromatic rings. The number of nitrogens with zero attached hydrogens (tertiary/aromatic N) is 2. The number of primary amides is 1. The summed E-state index contributed by atoms with van der Waals surface area (Å²) in [4.78, 5) is 93.0. The number of amides is 6. The van der Waals surface area contributed by atoms with E-state index in [0.717, 1.165) is 16.5 Å². The molecule has 0 aliphatic rings. The molecule has 2 rings (SSSR count). The number of fused-ring (bicyclic) bond motifs is 1. The number of aromatic amines is 1. The third kappa shape index (κ3) is 19.4. The lowest BCUT2D eigenvalue weighted by molar-refractivity contribution is -0.135. The van der Waals surface area contributed by atoms with Crippen molar-refractivity contribution in [2.45, 2.75) is 115 Å². The van der Waals surface area contributed by atoms with Gasteiger partial charge in [0, 0.05) is 42.5 Å². The van der Waals surface area contributed by atoms with E-state index in [-0.39, 0.29) is 68.8 Å². The number of thioether (sulfide) groups is 1. The maximum atomic E-state index is 14.3. The van der Waals surface area contributed by atoms with Crippen molar-refractivity contribution in [3.05, 3.63) is 36.0 Å². The smallest absolute Gasteiger partial charge is 0.243 e. The molecule has 0 saturated carbocycles. The van der Waals surface area contributed by atoms with E-state index in [1.54, 1.807) is 13.1 Å². The van der Waals surface area contributed by atoms with Crippen LogP contribution in [0.2, 0.25) is 0 Å². The number of nitrogens with one attached hydrogen (secondary N) is 6. The van der Waals surface area contributed by atoms with Crippen molar-refractivity contribution in [2.24, 2.45) is 56.2 Å². The summed E-state index contributed by atoms with van der Waals surface area (Å²) in [6.45, 7) is 6.38. The molecule has 6 amide bonds. The molecule has 0 spiro atoms. The fourth-order valence-electron chi connectivity index (χ4n) is 6.63. The molecule has 18 N–H and O–H groups in total. The van der Waals surface area contributed by atoms with Crippen LogP contribution >= 0.6 is 11.8 Å². The second kappa shape index (κ2) is 28.1. The van der Waals surface area contributed by atoms with Crippen LogP contribution in [0.25, 0.3) is 10.9 Å². The molecule has 0 unspecified atom stereocenters. The van der Waals surface area contributed by atoms with Crippen LogP contribution in [-0.2, 0) is 35.2 Å². The highest BCUT2D eigenvalue weighted by Crippen LogP contribution is 2.20. The minimum absolute atomic E-state index is 0.00817. The third-order valence-electron chi connectivity index (χ3n) is 10.0. The van der Waals surface area contributed by atoms with Crippen LogP contribution in [0.3, 0.4) is 0 Å². The van der Waals surface area contributed by atoms with E-state index in [2.05, 4.69) is 41.6 Å². The van der Waals surface area contributed by atoms with Gasteiger partial charge in [-0.1, -0.05) is 39.0 Å². The summed E-state index contributed by atoms with van der Waals surface area (Å²) in [6.07, 6.45) is 6.71. The van der Waals surface area contributed by atoms with Crippen molar-refractivity contribution in [3.63, 3.8) is 0 Å². The van der Waals surface area contributed by atoms with E-state index in [1.165, 1.54) is 11.8 Å². The zero-order valence-corrected chi connectivity index (χ0v) is 37.4. The molecule has 1 heterocycles. The van der Waals surface area contributed by atoms with Gasteiger partial charge in [0.1, 0.15) is 30.2 Å². The maximum absolute atomic E-state index is 14.3. The number of hydrogen-bond donors (Lipinski definition) is 12. The molecule has 0 radical (unpaired) electrons. The van der Waals surface area contributed by atoms with Gasteiger partial charge in [-0.3, -0.25) is 38.8 Å². The van der Waals surface area contributed by atoms with Gasteiger partial charge < -0.3 is 66.0 Å². The number of carbonyl (C=O) groups is 6. The average Bonchev–Trinajstić information content (AvgIpc) is 3.62. The van der Waals surface area contributed by atoms with Crippen molar-refractivity contribution in [2.75, 3.05) is 31.6 Å². The summed E-state index contributed by atoms with van der Waals surface area (Å²) < 4.78 is 0. The lowest BCUT2D eigenvalue weighted by Crippen LogP contribution is -2.59. The molecule has 346 valence electrons. The predicted molar refractivity (Wildman–Crippen MR) is 245 cm³/mol. The Balaban J connectivity index is 2.42. The molecular formula is C41H70N14O6S. The maximum Gasteiger partial charge on any atom is 0.243 e. The average molecular weight is 887 g/mol. The van der Waals surface area contributed by atoms with Crippen molar-refractivity contribution >= 4 is 70.0 Å². The van der Waals surface area contributed by atoms with Crippen LogP contribution in [0.1, 0.15) is 84.1 Å². The van der Waals surface area contributed by atoms with Gasteiger partial charge in [-0.05, 0) is 93.9 Å². The number of para-hydroxylation sites is 1. The van der Waals surface area contributed by atoms with Crippen LogP contribution < -0.4 is 61.0 Å². The number of nitrogens with two attached hydrogens (primary N) is 6. The highest BCUT2D eigenvalue weighted by Gasteiger charge is 2.33. The Labute approximate surface area is 368 Å². The molecule has 0 aliphatic carbocycles. The van der Waals surface area contributed by atoms with Crippen LogP contribution in [-0.4, -0.2) is 114 Å². The van der Waals surface area contributed by atoms with Gasteiger partial charge in [-0.25, -0.2) is 0 Å². The van der Waals surface area contributed by atoms with Crippen molar-refractivity contribution in [1.29, 1.82) is 0 Å². The first-order valence-electron chi connectivity index (χ1n) is 21.1. The molecule has 21 heteroatoms. The van der Waals surface area contributed by atoms with Gasteiger partial charge in [0.15, 0.2) is 11.9 Å². The Kier molecular flexibility index (Phi) is 23.8. The normalized spacial score (nSPS) is 14.0. The van der Waals surface area contributed by atoms with Gasteiger partial charge >= 0.3 is 0 Å². The summed E-state index contributed by atoms with van der Waals surface area (Å²) in [7, 11) is 0. The molecule has 0 fully saturated rings. The van der Waals surface area contributed by atoms with Gasteiger partial charge in [0.25, 0.3) is 0 Å². The second-order valence-corrected chi connectivity index (χ2v) is 16.8. The van der Waals surface area contributed by atoms with Gasteiger partial charge in [0.2, 0.25) is 35.4 Å². The molecule has 0 bridgehead atoms. The van der Waals surface area contributed by atoms with Gasteiger partial charge in [-0.2, -0.15) is 11.8 Å². The molecular weight excluding hydrogens is 817 g/mol. The first-order chi connectivity index (χ1) is 29.5. The van der Waals surface area contributed by atoms with Crippen molar-refractivity contribution < 1.29 is 28.8 Å². The second-order valence-electron chi connectivity index (χ2n) is 15.8. The highest BCUT2D eigenvalue weighted by molar-refractivity contribution is 7.98. The van der Waals surface area contributed by atoms with Crippen molar-refractivity contribution in [1.82, 2.24) is 31.6 Å². The number of hydrogen-bond acceptors (Lipinski definition) is 10. The number of aliphatic imine (C=N–C) groups is 2. The summed E-state index contributed by atoms with van der Waals surface area (Å²) in [6, 6.07) is 1.99. The van der Waals surface area contributed by atoms with E-state index in [9.17, 15) is 28.8 Å². The fourth-order valence-corrected chi connectivity index (χ4v) is 7.10. The van der Waals surface area contributed by atoms with Crippen LogP contribution in [0.5, 0.6) is 0 Å². The number of rotatable bonds is 30. The molecule has 6 atom stereocenters. The third-order valence-corrected chi connectivity index (χ3v) is 10.7. The Morgan fingerprint density at radius 3 is 1.73 bits per heavy atom. The number of H-pyrrole nitrogens is 1. The molecule has 1 aromatic heterocycles. The monoisotopic (exact) mass is 887 g/mol. The minimum Gasteiger partial charge on any atom is -0.370 e. The minimum atomic E-state index is -1.18.